The van der Waals surface area contributed by atoms with Crippen molar-refractivity contribution in [2.45, 2.75) is 56.3 Å². The van der Waals surface area contributed by atoms with Crippen LogP contribution in [0.15, 0.2) is 51.4 Å². The van der Waals surface area contributed by atoms with Gasteiger partial charge in [0, 0.05) is 29.9 Å². The molecule has 1 aromatic heterocycles. The average Bonchev–Trinajstić information content (AvgIpc) is 3.37. The van der Waals surface area contributed by atoms with E-state index in [4.69, 9.17) is 11.6 Å². The molecule has 0 saturated heterocycles. The quantitative estimate of drug-likeness (QED) is 0.325. The number of nitrogens with zero attached hydrogens (tertiary/aromatic N) is 4. The summed E-state index contributed by atoms with van der Waals surface area (Å²) in [5, 5.41) is 6.83. The Hall–Kier alpha value is -2.92. The lowest BCUT2D eigenvalue weighted by atomic mass is 10.1. The van der Waals surface area contributed by atoms with E-state index in [0.717, 1.165) is 24.5 Å². The molecule has 192 valence electrons. The number of pyridine rings is 1. The zero-order valence-electron chi connectivity index (χ0n) is 19.1. The number of aliphatic imine (C=N–C) groups is 3. The van der Waals surface area contributed by atoms with Gasteiger partial charge in [-0.1, -0.05) is 23.7 Å². The van der Waals surface area contributed by atoms with Gasteiger partial charge in [-0.25, -0.2) is 23.7 Å². The van der Waals surface area contributed by atoms with Crippen LogP contribution in [-0.2, 0) is 19.0 Å². The highest BCUT2D eigenvalue weighted by Gasteiger charge is 2.40. The lowest BCUT2D eigenvalue weighted by Gasteiger charge is -2.15. The molecule has 2 aliphatic carbocycles. The highest BCUT2D eigenvalue weighted by Crippen LogP contribution is 2.35. The maximum absolute atomic E-state index is 13.7. The second kappa shape index (κ2) is 10.6. The molecule has 2 unspecified atom stereocenters. The number of nitrogens with one attached hydrogen (secondary N) is 2. The van der Waals surface area contributed by atoms with E-state index in [0.29, 0.717) is 5.02 Å². The zero-order valence-corrected chi connectivity index (χ0v) is 19.9. The number of guanidine groups is 1. The first-order valence-corrected chi connectivity index (χ1v) is 11.7. The van der Waals surface area contributed by atoms with Crippen LogP contribution in [0.3, 0.4) is 0 Å². The molecule has 1 fully saturated rings. The van der Waals surface area contributed by atoms with Crippen molar-refractivity contribution in [2.75, 3.05) is 6.67 Å². The summed E-state index contributed by atoms with van der Waals surface area (Å²) in [6.07, 6.45) is -3.60. The summed E-state index contributed by atoms with van der Waals surface area (Å²) in [6.45, 7) is 3.48. The van der Waals surface area contributed by atoms with Crippen molar-refractivity contribution in [1.29, 1.82) is 0 Å². The first-order chi connectivity index (χ1) is 17.0. The van der Waals surface area contributed by atoms with Crippen molar-refractivity contribution in [3.8, 4) is 0 Å². The molecular formula is C24H24ClF5N6. The second-order valence-electron chi connectivity index (χ2n) is 8.80. The molecule has 2 N–H and O–H groups in total. The lowest BCUT2D eigenvalue weighted by molar-refractivity contribution is -0.141. The molecule has 0 amide bonds. The molecule has 4 rings (SSSR count). The van der Waals surface area contributed by atoms with E-state index in [2.05, 4.69) is 37.3 Å². The monoisotopic (exact) mass is 526 g/mol. The van der Waals surface area contributed by atoms with E-state index < -0.39 is 30.3 Å². The summed E-state index contributed by atoms with van der Waals surface area (Å²) in [5.74, 6) is -3.05. The third-order valence-electron chi connectivity index (χ3n) is 6.08. The first-order valence-electron chi connectivity index (χ1n) is 11.3. The second-order valence-corrected chi connectivity index (χ2v) is 9.24. The van der Waals surface area contributed by atoms with Crippen LogP contribution in [0.25, 0.3) is 0 Å². The predicted molar refractivity (Wildman–Crippen MR) is 129 cm³/mol. The summed E-state index contributed by atoms with van der Waals surface area (Å²) in [5.41, 5.74) is 1.05. The summed E-state index contributed by atoms with van der Waals surface area (Å²) in [6, 6.07) is 8.54. The van der Waals surface area contributed by atoms with Gasteiger partial charge in [-0.15, -0.1) is 0 Å². The van der Waals surface area contributed by atoms with Crippen LogP contribution in [0, 0.1) is 0 Å². The van der Waals surface area contributed by atoms with Gasteiger partial charge in [0.2, 0.25) is 11.9 Å². The van der Waals surface area contributed by atoms with E-state index in [1.807, 2.05) is 18.2 Å². The minimum absolute atomic E-state index is 0.0367. The summed E-state index contributed by atoms with van der Waals surface area (Å²) in [7, 11) is 0. The molecule has 1 heterocycles. The van der Waals surface area contributed by atoms with Gasteiger partial charge in [0.25, 0.3) is 0 Å². The van der Waals surface area contributed by atoms with Crippen LogP contribution >= 0.6 is 11.6 Å². The van der Waals surface area contributed by atoms with Crippen molar-refractivity contribution in [3.63, 3.8) is 0 Å². The van der Waals surface area contributed by atoms with Gasteiger partial charge in [0.15, 0.2) is 5.84 Å². The highest BCUT2D eigenvalue weighted by molar-refractivity contribution is 6.30. The Balaban J connectivity index is 1.52. The molecule has 0 bridgehead atoms. The number of hydrogen-bond acceptors (Lipinski definition) is 3. The van der Waals surface area contributed by atoms with E-state index in [1.165, 1.54) is 17.7 Å². The molecule has 2 atom stereocenters. The molecule has 0 radical (unpaired) electrons. The van der Waals surface area contributed by atoms with Crippen molar-refractivity contribution >= 4 is 30.1 Å². The first kappa shape index (κ1) is 26.2. The van der Waals surface area contributed by atoms with E-state index in [-0.39, 0.29) is 43.0 Å². The van der Waals surface area contributed by atoms with Gasteiger partial charge in [0.1, 0.15) is 11.4 Å². The maximum atomic E-state index is 13.7. The van der Waals surface area contributed by atoms with Gasteiger partial charge < -0.3 is 5.32 Å². The standard InChI is InChI=1S/C24H24ClF5N6/c1-31-21(19-3-2-4-20(35-19)24(28,29)30)36-22(34-17-7-8-23(26,27)12-17)33-13-32-18-10-14-5-6-16(25)9-15(14)11-18/h2-6,9,17-18,32H,1,7-8,10-13H2,(H,33,34). The summed E-state index contributed by atoms with van der Waals surface area (Å²) < 4.78 is 66.8. The number of benzene rings is 1. The van der Waals surface area contributed by atoms with Crippen LogP contribution in [-0.4, -0.2) is 48.2 Å². The normalized spacial score (nSPS) is 21.9. The van der Waals surface area contributed by atoms with Crippen molar-refractivity contribution in [1.82, 2.24) is 15.6 Å². The SMILES string of the molecule is C=NC(=NC(=NCNC1Cc2ccc(Cl)cc2C1)NC1CCC(F)(F)C1)c1cccc(C(F)(F)F)n1. The molecule has 12 heteroatoms. The van der Waals surface area contributed by atoms with Gasteiger partial charge in [0.05, 0.1) is 6.67 Å². The number of hydrogen-bond donors (Lipinski definition) is 2. The lowest BCUT2D eigenvalue weighted by Crippen LogP contribution is -2.36. The van der Waals surface area contributed by atoms with Gasteiger partial charge in [-0.05, 0) is 61.4 Å². The predicted octanol–water partition coefficient (Wildman–Crippen LogP) is 5.05. The Bertz CT molecular complexity index is 1180. The third kappa shape index (κ3) is 6.64. The van der Waals surface area contributed by atoms with Crippen LogP contribution in [0.1, 0.15) is 41.8 Å². The van der Waals surface area contributed by atoms with Crippen molar-refractivity contribution < 1.29 is 22.0 Å². The van der Waals surface area contributed by atoms with Crippen molar-refractivity contribution in [3.05, 3.63) is 63.9 Å². The molecule has 36 heavy (non-hydrogen) atoms. The zero-order chi connectivity index (χ0) is 25.9. The van der Waals surface area contributed by atoms with Crippen LogP contribution in [0.4, 0.5) is 22.0 Å². The number of fused-ring (bicyclic) bond motifs is 1. The van der Waals surface area contributed by atoms with Crippen molar-refractivity contribution in [2.24, 2.45) is 15.0 Å². The molecule has 2 aliphatic rings. The summed E-state index contributed by atoms with van der Waals surface area (Å²) in [4.78, 5) is 15.9. The fraction of sp³-hybridized carbons (Fsp3) is 0.417. The Morgan fingerprint density at radius 2 is 1.92 bits per heavy atom. The Labute approximate surface area is 209 Å². The van der Waals surface area contributed by atoms with E-state index in [1.54, 1.807) is 0 Å². The number of halogens is 6. The maximum Gasteiger partial charge on any atom is 0.433 e. The topological polar surface area (TPSA) is 74.0 Å². The minimum Gasteiger partial charge on any atom is -0.351 e. The molecule has 2 aromatic rings. The number of aromatic nitrogens is 1. The molecular weight excluding hydrogens is 503 g/mol. The molecule has 6 nitrogen and oxygen atoms in total. The fourth-order valence-electron chi connectivity index (χ4n) is 4.34. The van der Waals surface area contributed by atoms with Crippen LogP contribution in [0.2, 0.25) is 5.02 Å². The molecule has 0 spiro atoms. The molecule has 1 saturated carbocycles. The minimum atomic E-state index is -4.65. The number of rotatable bonds is 5. The molecule has 0 aliphatic heterocycles. The third-order valence-corrected chi connectivity index (χ3v) is 6.31. The fourth-order valence-corrected chi connectivity index (χ4v) is 4.54. The smallest absolute Gasteiger partial charge is 0.351 e. The largest absolute Gasteiger partial charge is 0.433 e. The molecule has 1 aromatic carbocycles. The number of alkyl halides is 5. The Kier molecular flexibility index (Phi) is 7.70. The van der Waals surface area contributed by atoms with Crippen LogP contribution in [0.5, 0.6) is 0 Å². The Morgan fingerprint density at radius 1 is 1.14 bits per heavy atom. The van der Waals surface area contributed by atoms with E-state index >= 15 is 0 Å². The highest BCUT2D eigenvalue weighted by atomic mass is 35.5. The van der Waals surface area contributed by atoms with E-state index in [9.17, 15) is 22.0 Å². The van der Waals surface area contributed by atoms with Crippen LogP contribution < -0.4 is 10.6 Å². The summed E-state index contributed by atoms with van der Waals surface area (Å²) >= 11 is 6.07. The Morgan fingerprint density at radius 3 is 2.61 bits per heavy atom. The van der Waals surface area contributed by atoms with Gasteiger partial charge in [-0.3, -0.25) is 5.32 Å². The average molecular weight is 527 g/mol. The number of amidine groups is 1. The van der Waals surface area contributed by atoms with Gasteiger partial charge >= 0.3 is 6.18 Å². The van der Waals surface area contributed by atoms with Gasteiger partial charge in [-0.2, -0.15) is 18.2 Å².